The first kappa shape index (κ1) is 13.7. The summed E-state index contributed by atoms with van der Waals surface area (Å²) in [5, 5.41) is 4.19. The lowest BCUT2D eigenvalue weighted by molar-refractivity contribution is -0.129. The maximum absolute atomic E-state index is 11.2. The van der Waals surface area contributed by atoms with Gasteiger partial charge in [0.2, 0.25) is 5.91 Å². The van der Waals surface area contributed by atoms with Gasteiger partial charge in [0.15, 0.2) is 0 Å². The van der Waals surface area contributed by atoms with Crippen molar-refractivity contribution in [2.75, 3.05) is 18.4 Å². The van der Waals surface area contributed by atoms with Gasteiger partial charge < -0.3 is 10.2 Å². The lowest BCUT2D eigenvalue weighted by atomic mass is 10.0. The second-order valence-electron chi connectivity index (χ2n) is 4.53. The van der Waals surface area contributed by atoms with Crippen molar-refractivity contribution in [3.05, 3.63) is 27.7 Å². The van der Waals surface area contributed by atoms with Crippen LogP contribution in [0.15, 0.2) is 22.7 Å². The molecule has 0 saturated carbocycles. The third-order valence-corrected chi connectivity index (χ3v) is 4.65. The monoisotopic (exact) mass is 330 g/mol. The molecule has 1 N–H and O–H groups in total. The molecule has 0 radical (unpaired) electrons. The van der Waals surface area contributed by atoms with Gasteiger partial charge in [0.25, 0.3) is 0 Å². The Bertz CT molecular complexity index is 445. The molecule has 1 heterocycles. The molecule has 2 rings (SSSR count). The molecule has 1 aromatic rings. The Morgan fingerprint density at radius 1 is 1.44 bits per heavy atom. The number of nitrogens with one attached hydrogen (secondary N) is 1. The smallest absolute Gasteiger partial charge is 0.219 e. The van der Waals surface area contributed by atoms with Gasteiger partial charge in [0, 0.05) is 26.1 Å². The summed E-state index contributed by atoms with van der Waals surface area (Å²) in [7, 11) is 0. The summed E-state index contributed by atoms with van der Waals surface area (Å²) >= 11 is 9.54. The summed E-state index contributed by atoms with van der Waals surface area (Å²) in [6.07, 6.45) is 1.94. The molecule has 98 valence electrons. The molecule has 1 aliphatic heterocycles. The van der Waals surface area contributed by atoms with E-state index in [0.717, 1.165) is 36.1 Å². The molecule has 18 heavy (non-hydrogen) atoms. The fraction of sp³-hybridized carbons (Fsp3) is 0.462. The number of amides is 1. The molecule has 0 bridgehead atoms. The van der Waals surface area contributed by atoms with Crippen LogP contribution in [0.25, 0.3) is 0 Å². The van der Waals surface area contributed by atoms with E-state index >= 15 is 0 Å². The van der Waals surface area contributed by atoms with Crippen molar-refractivity contribution in [1.29, 1.82) is 0 Å². The van der Waals surface area contributed by atoms with Crippen molar-refractivity contribution in [2.24, 2.45) is 0 Å². The van der Waals surface area contributed by atoms with E-state index < -0.39 is 0 Å². The van der Waals surface area contributed by atoms with Crippen molar-refractivity contribution in [3.63, 3.8) is 0 Å². The van der Waals surface area contributed by atoms with E-state index in [4.69, 9.17) is 11.6 Å². The minimum Gasteiger partial charge on any atom is -0.381 e. The van der Waals surface area contributed by atoms with Crippen LogP contribution in [0.1, 0.15) is 19.8 Å². The molecule has 3 nitrogen and oxygen atoms in total. The van der Waals surface area contributed by atoms with E-state index in [-0.39, 0.29) is 5.91 Å². The van der Waals surface area contributed by atoms with E-state index in [9.17, 15) is 4.79 Å². The maximum Gasteiger partial charge on any atom is 0.219 e. The SMILES string of the molecule is CC(=O)N1CCC(Nc2cccc(Cl)c2Br)CC1. The van der Waals surface area contributed by atoms with E-state index in [1.165, 1.54) is 0 Å². The predicted molar refractivity (Wildman–Crippen MR) is 78.1 cm³/mol. The zero-order chi connectivity index (χ0) is 13.1. The molecule has 1 aliphatic rings. The predicted octanol–water partition coefficient (Wildman–Crippen LogP) is 3.53. The van der Waals surface area contributed by atoms with Gasteiger partial charge in [0.1, 0.15) is 0 Å². The highest BCUT2D eigenvalue weighted by molar-refractivity contribution is 9.10. The summed E-state index contributed by atoms with van der Waals surface area (Å²) in [5.74, 6) is 0.164. The topological polar surface area (TPSA) is 32.3 Å². The first-order valence-corrected chi connectivity index (χ1v) is 7.21. The van der Waals surface area contributed by atoms with Gasteiger partial charge >= 0.3 is 0 Å². The molecule has 0 atom stereocenters. The fourth-order valence-corrected chi connectivity index (χ4v) is 2.73. The Kier molecular flexibility index (Phi) is 4.51. The highest BCUT2D eigenvalue weighted by Gasteiger charge is 2.21. The van der Waals surface area contributed by atoms with Crippen LogP contribution in [-0.4, -0.2) is 29.9 Å². The van der Waals surface area contributed by atoms with E-state index in [2.05, 4.69) is 21.2 Å². The Hall–Kier alpha value is -0.740. The van der Waals surface area contributed by atoms with E-state index in [1.807, 2.05) is 23.1 Å². The van der Waals surface area contributed by atoms with Gasteiger partial charge in [0.05, 0.1) is 15.2 Å². The zero-order valence-electron chi connectivity index (χ0n) is 10.2. The number of rotatable bonds is 2. The van der Waals surface area contributed by atoms with Crippen molar-refractivity contribution in [2.45, 2.75) is 25.8 Å². The second kappa shape index (κ2) is 5.93. The molecule has 0 unspecified atom stereocenters. The first-order chi connectivity index (χ1) is 8.58. The molecule has 5 heteroatoms. The highest BCUT2D eigenvalue weighted by Crippen LogP contribution is 2.31. The summed E-state index contributed by atoms with van der Waals surface area (Å²) < 4.78 is 0.903. The molecular weight excluding hydrogens is 316 g/mol. The van der Waals surface area contributed by atoms with Gasteiger partial charge in [-0.25, -0.2) is 0 Å². The lowest BCUT2D eigenvalue weighted by Gasteiger charge is -2.32. The van der Waals surface area contributed by atoms with Crippen LogP contribution in [0.2, 0.25) is 5.02 Å². The number of halogens is 2. The molecule has 1 aromatic carbocycles. The molecule has 1 amide bonds. The van der Waals surface area contributed by atoms with Gasteiger partial charge in [-0.05, 0) is 40.9 Å². The number of likely N-dealkylation sites (tertiary alicyclic amines) is 1. The van der Waals surface area contributed by atoms with Crippen LogP contribution < -0.4 is 5.32 Å². The first-order valence-electron chi connectivity index (χ1n) is 6.04. The number of nitrogens with zero attached hydrogens (tertiary/aromatic N) is 1. The number of carbonyl (C=O) groups is 1. The molecule has 1 fully saturated rings. The lowest BCUT2D eigenvalue weighted by Crippen LogP contribution is -2.41. The van der Waals surface area contributed by atoms with E-state index in [0.29, 0.717) is 11.1 Å². The molecule has 0 spiro atoms. The Labute approximate surface area is 121 Å². The number of anilines is 1. The Morgan fingerprint density at radius 3 is 2.72 bits per heavy atom. The number of hydrogen-bond acceptors (Lipinski definition) is 2. The van der Waals surface area contributed by atoms with E-state index in [1.54, 1.807) is 6.92 Å². The number of carbonyl (C=O) groups excluding carboxylic acids is 1. The summed E-state index contributed by atoms with van der Waals surface area (Å²) in [6, 6.07) is 6.19. The fourth-order valence-electron chi connectivity index (χ4n) is 2.17. The maximum atomic E-state index is 11.2. The Balaban J connectivity index is 1.96. The highest BCUT2D eigenvalue weighted by atomic mass is 79.9. The molecule has 0 aromatic heterocycles. The summed E-state index contributed by atoms with van der Waals surface area (Å²) in [5.41, 5.74) is 1.02. The quantitative estimate of drug-likeness (QED) is 0.899. The average molecular weight is 332 g/mol. The number of benzene rings is 1. The number of hydrogen-bond donors (Lipinski definition) is 1. The van der Waals surface area contributed by atoms with Crippen LogP contribution in [0.4, 0.5) is 5.69 Å². The van der Waals surface area contributed by atoms with Crippen molar-refractivity contribution >= 4 is 39.1 Å². The average Bonchev–Trinajstić information content (AvgIpc) is 2.36. The third kappa shape index (κ3) is 3.18. The zero-order valence-corrected chi connectivity index (χ0v) is 12.6. The van der Waals surface area contributed by atoms with Gasteiger partial charge in [-0.3, -0.25) is 4.79 Å². The largest absolute Gasteiger partial charge is 0.381 e. The normalized spacial score (nSPS) is 16.7. The van der Waals surface area contributed by atoms with Crippen LogP contribution in [0.5, 0.6) is 0 Å². The van der Waals surface area contributed by atoms with Gasteiger partial charge in [-0.2, -0.15) is 0 Å². The summed E-state index contributed by atoms with van der Waals surface area (Å²) in [6.45, 7) is 3.28. The van der Waals surface area contributed by atoms with Crippen molar-refractivity contribution < 1.29 is 4.79 Å². The summed E-state index contributed by atoms with van der Waals surface area (Å²) in [4.78, 5) is 13.1. The molecule has 1 saturated heterocycles. The molecule has 0 aliphatic carbocycles. The van der Waals surface area contributed by atoms with Crippen LogP contribution in [-0.2, 0) is 4.79 Å². The van der Waals surface area contributed by atoms with Crippen molar-refractivity contribution in [3.8, 4) is 0 Å². The number of piperidine rings is 1. The van der Waals surface area contributed by atoms with Crippen LogP contribution in [0, 0.1) is 0 Å². The minimum absolute atomic E-state index is 0.164. The van der Waals surface area contributed by atoms with Gasteiger partial charge in [-0.15, -0.1) is 0 Å². The van der Waals surface area contributed by atoms with Crippen molar-refractivity contribution in [1.82, 2.24) is 4.90 Å². The third-order valence-electron chi connectivity index (χ3n) is 3.25. The van der Waals surface area contributed by atoms with Gasteiger partial charge in [-0.1, -0.05) is 17.7 Å². The second-order valence-corrected chi connectivity index (χ2v) is 5.73. The standard InChI is InChI=1S/C13H16BrClN2O/c1-9(18)17-7-5-10(6-8-17)16-12-4-2-3-11(15)13(12)14/h2-4,10,16H,5-8H2,1H3. The Morgan fingerprint density at radius 2 is 2.11 bits per heavy atom. The minimum atomic E-state index is 0.164. The van der Waals surface area contributed by atoms with Crippen LogP contribution >= 0.6 is 27.5 Å². The van der Waals surface area contributed by atoms with Crippen LogP contribution in [0.3, 0.4) is 0 Å². The molecular formula is C13H16BrClN2O.